The van der Waals surface area contributed by atoms with E-state index in [9.17, 15) is 9.90 Å². The van der Waals surface area contributed by atoms with Crippen molar-refractivity contribution in [2.45, 2.75) is 26.4 Å². The van der Waals surface area contributed by atoms with Crippen molar-refractivity contribution in [1.82, 2.24) is 4.90 Å². The van der Waals surface area contributed by atoms with Gasteiger partial charge in [-0.3, -0.25) is 4.79 Å². The van der Waals surface area contributed by atoms with E-state index in [1.165, 1.54) is 12.1 Å². The molecule has 1 amide bonds. The molecule has 0 aliphatic heterocycles. The van der Waals surface area contributed by atoms with Gasteiger partial charge in [-0.05, 0) is 37.6 Å². The van der Waals surface area contributed by atoms with Crippen LogP contribution in [0.1, 0.15) is 29.8 Å². The lowest BCUT2D eigenvalue weighted by Crippen LogP contribution is -2.36. The number of hydrogen-bond donors (Lipinski definition) is 1. The maximum absolute atomic E-state index is 12.7. The number of halogens is 1. The Hall–Kier alpha value is -2.00. The van der Waals surface area contributed by atoms with Crippen molar-refractivity contribution >= 4 is 17.5 Å². The number of amides is 1. The summed E-state index contributed by atoms with van der Waals surface area (Å²) in [6.45, 7) is 4.38. The first-order valence-electron chi connectivity index (χ1n) is 6.82. The van der Waals surface area contributed by atoms with Gasteiger partial charge in [0, 0.05) is 17.6 Å². The Morgan fingerprint density at radius 2 is 1.86 bits per heavy atom. The van der Waals surface area contributed by atoms with Gasteiger partial charge >= 0.3 is 0 Å². The summed E-state index contributed by atoms with van der Waals surface area (Å²) in [5.41, 5.74) is 1.27. The van der Waals surface area contributed by atoms with Crippen LogP contribution in [0.2, 0.25) is 5.02 Å². The molecule has 110 valence electrons. The molecule has 4 heteroatoms. The molecular formula is C17H18ClNO2. The number of rotatable bonds is 4. The van der Waals surface area contributed by atoms with Crippen molar-refractivity contribution < 1.29 is 9.90 Å². The van der Waals surface area contributed by atoms with Gasteiger partial charge in [-0.1, -0.05) is 41.9 Å². The molecule has 0 aliphatic rings. The highest BCUT2D eigenvalue weighted by Crippen LogP contribution is 2.24. The van der Waals surface area contributed by atoms with Crippen molar-refractivity contribution in [2.24, 2.45) is 0 Å². The molecule has 0 saturated heterocycles. The van der Waals surface area contributed by atoms with Crippen LogP contribution in [0, 0.1) is 0 Å². The first-order valence-corrected chi connectivity index (χ1v) is 7.20. The Kier molecular flexibility index (Phi) is 4.86. The van der Waals surface area contributed by atoms with Gasteiger partial charge < -0.3 is 10.0 Å². The van der Waals surface area contributed by atoms with Gasteiger partial charge in [0.1, 0.15) is 5.75 Å². The summed E-state index contributed by atoms with van der Waals surface area (Å²) in [7, 11) is 0. The normalized spacial score (nSPS) is 10.7. The number of carbonyl (C=O) groups excluding carboxylic acids is 1. The third-order valence-electron chi connectivity index (χ3n) is 3.27. The molecule has 3 nitrogen and oxygen atoms in total. The predicted molar refractivity (Wildman–Crippen MR) is 84.6 cm³/mol. The van der Waals surface area contributed by atoms with E-state index in [-0.39, 0.29) is 23.3 Å². The van der Waals surface area contributed by atoms with Crippen molar-refractivity contribution in [2.75, 3.05) is 0 Å². The first kappa shape index (κ1) is 15.4. The zero-order valence-electron chi connectivity index (χ0n) is 12.1. The van der Waals surface area contributed by atoms with E-state index < -0.39 is 0 Å². The Bertz CT molecular complexity index is 626. The molecule has 21 heavy (non-hydrogen) atoms. The van der Waals surface area contributed by atoms with Crippen molar-refractivity contribution in [3.63, 3.8) is 0 Å². The summed E-state index contributed by atoms with van der Waals surface area (Å²) in [6.07, 6.45) is 0. The van der Waals surface area contributed by atoms with E-state index in [0.29, 0.717) is 11.6 Å². The number of phenolic OH excluding ortho intramolecular Hbond substituents is 1. The fraction of sp³-hybridized carbons (Fsp3) is 0.235. The molecule has 1 N–H and O–H groups in total. The number of nitrogens with zero attached hydrogens (tertiary/aromatic N) is 1. The van der Waals surface area contributed by atoms with Crippen LogP contribution in [-0.2, 0) is 6.54 Å². The average Bonchev–Trinajstić information content (AvgIpc) is 2.47. The molecule has 0 aliphatic carbocycles. The number of aromatic hydroxyl groups is 1. The molecule has 0 radical (unpaired) electrons. The summed E-state index contributed by atoms with van der Waals surface area (Å²) in [5, 5.41) is 10.3. The number of benzene rings is 2. The van der Waals surface area contributed by atoms with E-state index in [2.05, 4.69) is 0 Å². The van der Waals surface area contributed by atoms with Crippen LogP contribution >= 0.6 is 11.6 Å². The Balaban J connectivity index is 2.30. The quantitative estimate of drug-likeness (QED) is 0.924. The Labute approximate surface area is 129 Å². The fourth-order valence-corrected chi connectivity index (χ4v) is 2.28. The number of phenols is 1. The van der Waals surface area contributed by atoms with Gasteiger partial charge in [0.15, 0.2) is 0 Å². The van der Waals surface area contributed by atoms with Crippen LogP contribution in [-0.4, -0.2) is 22.0 Å². The van der Waals surface area contributed by atoms with Crippen LogP contribution < -0.4 is 0 Å². The smallest absolute Gasteiger partial charge is 0.258 e. The van der Waals surface area contributed by atoms with E-state index in [4.69, 9.17) is 11.6 Å². The maximum atomic E-state index is 12.7. The molecule has 0 bridgehead atoms. The van der Waals surface area contributed by atoms with Crippen molar-refractivity contribution in [3.8, 4) is 5.75 Å². The summed E-state index contributed by atoms with van der Waals surface area (Å²) in [6, 6.07) is 14.3. The minimum atomic E-state index is -0.228. The Morgan fingerprint density at radius 3 is 2.48 bits per heavy atom. The Morgan fingerprint density at radius 1 is 1.19 bits per heavy atom. The van der Waals surface area contributed by atoms with Crippen LogP contribution in [0.25, 0.3) is 0 Å². The summed E-state index contributed by atoms with van der Waals surface area (Å²) >= 11 is 5.92. The molecule has 2 rings (SSSR count). The standard InChI is InChI=1S/C17H18ClNO2/c1-12(2)19(11-13-6-4-3-5-7-13)17(21)15-10-14(18)8-9-16(15)20/h3-10,12,20H,11H2,1-2H3. The largest absolute Gasteiger partial charge is 0.507 e. The molecule has 0 saturated carbocycles. The van der Waals surface area contributed by atoms with Crippen molar-refractivity contribution in [1.29, 1.82) is 0 Å². The SMILES string of the molecule is CC(C)N(Cc1ccccc1)C(=O)c1cc(Cl)ccc1O. The monoisotopic (exact) mass is 303 g/mol. The van der Waals surface area contributed by atoms with Crippen LogP contribution in [0.5, 0.6) is 5.75 Å². The van der Waals surface area contributed by atoms with E-state index in [1.54, 1.807) is 11.0 Å². The third-order valence-corrected chi connectivity index (χ3v) is 3.50. The van der Waals surface area contributed by atoms with Gasteiger partial charge in [-0.25, -0.2) is 0 Å². The molecule has 0 spiro atoms. The zero-order valence-corrected chi connectivity index (χ0v) is 12.8. The van der Waals surface area contributed by atoms with E-state index in [1.807, 2.05) is 44.2 Å². The molecule has 2 aromatic rings. The predicted octanol–water partition coefficient (Wildman–Crippen LogP) is 4.10. The van der Waals surface area contributed by atoms with Crippen LogP contribution in [0.15, 0.2) is 48.5 Å². The number of carbonyl (C=O) groups is 1. The van der Waals surface area contributed by atoms with E-state index in [0.717, 1.165) is 5.56 Å². The van der Waals surface area contributed by atoms with E-state index >= 15 is 0 Å². The molecule has 2 aromatic carbocycles. The molecular weight excluding hydrogens is 286 g/mol. The van der Waals surface area contributed by atoms with Gasteiger partial charge in [0.2, 0.25) is 0 Å². The topological polar surface area (TPSA) is 40.5 Å². The highest BCUT2D eigenvalue weighted by atomic mass is 35.5. The summed E-state index contributed by atoms with van der Waals surface area (Å²) in [5.74, 6) is -0.281. The minimum absolute atomic E-state index is 0.0103. The van der Waals surface area contributed by atoms with Crippen LogP contribution in [0.3, 0.4) is 0 Å². The lowest BCUT2D eigenvalue weighted by Gasteiger charge is -2.27. The van der Waals surface area contributed by atoms with Crippen LogP contribution in [0.4, 0.5) is 0 Å². The number of hydrogen-bond acceptors (Lipinski definition) is 2. The lowest BCUT2D eigenvalue weighted by molar-refractivity contribution is 0.0687. The second-order valence-corrected chi connectivity index (χ2v) is 5.61. The summed E-state index contributed by atoms with van der Waals surface area (Å²) < 4.78 is 0. The second kappa shape index (κ2) is 6.64. The first-order chi connectivity index (χ1) is 9.99. The molecule has 0 aromatic heterocycles. The molecule has 0 heterocycles. The van der Waals surface area contributed by atoms with Gasteiger partial charge in [0.05, 0.1) is 5.56 Å². The van der Waals surface area contributed by atoms with Crippen molar-refractivity contribution in [3.05, 3.63) is 64.7 Å². The summed E-state index contributed by atoms with van der Waals surface area (Å²) in [4.78, 5) is 14.4. The second-order valence-electron chi connectivity index (χ2n) is 5.17. The molecule has 0 atom stereocenters. The maximum Gasteiger partial charge on any atom is 0.258 e. The zero-order chi connectivity index (χ0) is 15.4. The van der Waals surface area contributed by atoms with Gasteiger partial charge in [0.25, 0.3) is 5.91 Å². The fourth-order valence-electron chi connectivity index (χ4n) is 2.10. The molecule has 0 unspecified atom stereocenters. The van der Waals surface area contributed by atoms with Gasteiger partial charge in [-0.2, -0.15) is 0 Å². The third kappa shape index (κ3) is 3.76. The van der Waals surface area contributed by atoms with Gasteiger partial charge in [-0.15, -0.1) is 0 Å². The minimum Gasteiger partial charge on any atom is -0.507 e. The highest BCUT2D eigenvalue weighted by molar-refractivity contribution is 6.31. The highest BCUT2D eigenvalue weighted by Gasteiger charge is 2.22. The lowest BCUT2D eigenvalue weighted by atomic mass is 10.1. The molecule has 0 fully saturated rings. The average molecular weight is 304 g/mol.